The van der Waals surface area contributed by atoms with Gasteiger partial charge in [0.05, 0.1) is 16.0 Å². The van der Waals surface area contributed by atoms with Crippen LogP contribution < -0.4 is 0 Å². The van der Waals surface area contributed by atoms with Crippen LogP contribution >= 0.6 is 11.8 Å². The second-order valence-corrected chi connectivity index (χ2v) is 6.59. The number of carbonyl (C=O) groups is 1. The Morgan fingerprint density at radius 1 is 1.27 bits per heavy atom. The number of phenolic OH excluding ortho intramolecular Hbond substituents is 1. The zero-order valence-corrected chi connectivity index (χ0v) is 14.3. The first-order valence-electron chi connectivity index (χ1n) is 7.72. The maximum atomic E-state index is 11.2. The molecule has 26 heavy (non-hydrogen) atoms. The molecule has 2 aromatic carbocycles. The number of phenols is 1. The second kappa shape index (κ2) is 7.44. The van der Waals surface area contributed by atoms with Crippen LogP contribution in [0.15, 0.2) is 47.6 Å². The van der Waals surface area contributed by atoms with E-state index in [1.165, 1.54) is 34.5 Å². The summed E-state index contributed by atoms with van der Waals surface area (Å²) in [5, 5.41) is 30.4. The third-order valence-corrected chi connectivity index (χ3v) is 4.77. The number of aromatic nitrogens is 2. The van der Waals surface area contributed by atoms with Gasteiger partial charge in [0.2, 0.25) is 0 Å². The summed E-state index contributed by atoms with van der Waals surface area (Å²) < 4.78 is 1.52. The highest BCUT2D eigenvalue weighted by atomic mass is 32.2. The van der Waals surface area contributed by atoms with E-state index in [-0.39, 0.29) is 18.0 Å². The van der Waals surface area contributed by atoms with Gasteiger partial charge in [-0.05, 0) is 24.1 Å². The Kier molecular flexibility index (Phi) is 5.08. The Balaban J connectivity index is 1.86. The van der Waals surface area contributed by atoms with Crippen molar-refractivity contribution in [2.24, 2.45) is 0 Å². The van der Waals surface area contributed by atoms with Gasteiger partial charge in [-0.2, -0.15) is 0 Å². The largest absolute Gasteiger partial charge is 0.508 e. The molecule has 0 aliphatic heterocycles. The van der Waals surface area contributed by atoms with Crippen LogP contribution in [-0.2, 0) is 17.8 Å². The van der Waals surface area contributed by atoms with Crippen LogP contribution in [0, 0.1) is 10.1 Å². The first kappa shape index (κ1) is 17.7. The zero-order valence-electron chi connectivity index (χ0n) is 13.5. The van der Waals surface area contributed by atoms with Gasteiger partial charge in [-0.3, -0.25) is 14.9 Å². The van der Waals surface area contributed by atoms with Crippen LogP contribution in [0.3, 0.4) is 0 Å². The number of thioether (sulfide) groups is 1. The fourth-order valence-corrected chi connectivity index (χ4v) is 3.57. The van der Waals surface area contributed by atoms with Crippen molar-refractivity contribution in [1.82, 2.24) is 9.55 Å². The van der Waals surface area contributed by atoms with E-state index in [1.807, 2.05) is 12.1 Å². The minimum Gasteiger partial charge on any atom is -0.508 e. The van der Waals surface area contributed by atoms with E-state index in [0.717, 1.165) is 5.56 Å². The molecule has 3 aromatic rings. The van der Waals surface area contributed by atoms with Gasteiger partial charge < -0.3 is 14.8 Å². The quantitative estimate of drug-likeness (QED) is 0.371. The number of rotatable bonds is 7. The maximum Gasteiger partial charge on any atom is 0.323 e. The van der Waals surface area contributed by atoms with Gasteiger partial charge in [-0.1, -0.05) is 30.0 Å². The van der Waals surface area contributed by atoms with Gasteiger partial charge in [0.25, 0.3) is 5.69 Å². The van der Waals surface area contributed by atoms with E-state index in [0.29, 0.717) is 28.4 Å². The van der Waals surface area contributed by atoms with Crippen LogP contribution in [0.25, 0.3) is 11.0 Å². The van der Waals surface area contributed by atoms with Crippen molar-refractivity contribution in [3.05, 3.63) is 58.1 Å². The maximum absolute atomic E-state index is 11.2. The van der Waals surface area contributed by atoms with E-state index in [9.17, 15) is 20.0 Å². The first-order valence-corrected chi connectivity index (χ1v) is 8.70. The normalized spacial score (nSPS) is 10.9. The highest BCUT2D eigenvalue weighted by Gasteiger charge is 2.17. The number of para-hydroxylation sites is 1. The summed E-state index contributed by atoms with van der Waals surface area (Å²) in [4.78, 5) is 25.9. The van der Waals surface area contributed by atoms with Crippen LogP contribution in [0.5, 0.6) is 5.75 Å². The van der Waals surface area contributed by atoms with Crippen molar-refractivity contribution >= 4 is 34.5 Å². The van der Waals surface area contributed by atoms with Gasteiger partial charge in [-0.25, -0.2) is 4.98 Å². The van der Waals surface area contributed by atoms with Crippen molar-refractivity contribution in [3.8, 4) is 5.75 Å². The van der Waals surface area contributed by atoms with Crippen molar-refractivity contribution < 1.29 is 19.9 Å². The van der Waals surface area contributed by atoms with Gasteiger partial charge in [-0.15, -0.1) is 0 Å². The number of nitrogens with zero attached hydrogens (tertiary/aromatic N) is 3. The van der Waals surface area contributed by atoms with E-state index in [1.54, 1.807) is 12.1 Å². The minimum absolute atomic E-state index is 0.0942. The summed E-state index contributed by atoms with van der Waals surface area (Å²) >= 11 is 1.34. The number of aryl methyl sites for hydroxylation is 1. The number of benzene rings is 2. The number of nitro benzene ring substituents is 1. The topological polar surface area (TPSA) is 118 Å². The number of aromatic hydroxyl groups is 1. The second-order valence-electron chi connectivity index (χ2n) is 5.53. The Morgan fingerprint density at radius 3 is 2.73 bits per heavy atom. The third-order valence-electron chi connectivity index (χ3n) is 3.80. The summed E-state index contributed by atoms with van der Waals surface area (Å²) in [6.45, 7) is -0.284. The lowest BCUT2D eigenvalue weighted by Gasteiger charge is -2.07. The van der Waals surface area contributed by atoms with Gasteiger partial charge >= 0.3 is 5.97 Å². The van der Waals surface area contributed by atoms with Crippen LogP contribution in [0.1, 0.15) is 5.56 Å². The minimum atomic E-state index is -1.02. The van der Waals surface area contributed by atoms with Crippen molar-refractivity contribution in [2.75, 3.05) is 5.75 Å². The molecule has 134 valence electrons. The molecule has 0 aliphatic carbocycles. The molecule has 0 bridgehead atoms. The van der Waals surface area contributed by atoms with Crippen molar-refractivity contribution in [3.63, 3.8) is 0 Å². The number of hydrogen-bond acceptors (Lipinski definition) is 6. The molecule has 0 saturated heterocycles. The Hall–Kier alpha value is -3.07. The number of nitro groups is 1. The number of hydrogen-bond donors (Lipinski definition) is 2. The molecular formula is C17H15N3O5S. The molecule has 0 saturated carbocycles. The highest BCUT2D eigenvalue weighted by Crippen LogP contribution is 2.28. The number of imidazole rings is 1. The van der Waals surface area contributed by atoms with E-state index in [2.05, 4.69) is 4.98 Å². The van der Waals surface area contributed by atoms with Crippen LogP contribution in [0.2, 0.25) is 0 Å². The summed E-state index contributed by atoms with van der Waals surface area (Å²) in [6, 6.07) is 11.2. The fraction of sp³-hybridized carbons (Fsp3) is 0.176. The first-order chi connectivity index (χ1) is 12.5. The lowest BCUT2D eigenvalue weighted by molar-refractivity contribution is -0.384. The monoisotopic (exact) mass is 373 g/mol. The van der Waals surface area contributed by atoms with Gasteiger partial charge in [0, 0.05) is 17.9 Å². The van der Waals surface area contributed by atoms with Gasteiger partial charge in [0.1, 0.15) is 12.3 Å². The number of fused-ring (bicyclic) bond motifs is 1. The van der Waals surface area contributed by atoms with Crippen LogP contribution in [-0.4, -0.2) is 36.4 Å². The average Bonchev–Trinajstić information content (AvgIpc) is 2.93. The molecule has 0 unspecified atom stereocenters. The molecule has 0 spiro atoms. The molecule has 0 amide bonds. The fourth-order valence-electron chi connectivity index (χ4n) is 2.58. The molecule has 8 nitrogen and oxygen atoms in total. The molecule has 3 rings (SSSR count). The Bertz CT molecular complexity index is 986. The number of aliphatic carboxylic acids is 1. The predicted molar refractivity (Wildman–Crippen MR) is 96.6 cm³/mol. The van der Waals surface area contributed by atoms with Crippen molar-refractivity contribution in [2.45, 2.75) is 18.1 Å². The van der Waals surface area contributed by atoms with Crippen molar-refractivity contribution in [1.29, 1.82) is 0 Å². The summed E-state index contributed by atoms with van der Waals surface area (Å²) in [5.74, 6) is -0.240. The van der Waals surface area contributed by atoms with E-state index >= 15 is 0 Å². The summed E-state index contributed by atoms with van der Waals surface area (Å²) in [5.41, 5.74) is 1.60. The van der Waals surface area contributed by atoms with Gasteiger partial charge in [0.15, 0.2) is 5.16 Å². The number of non-ortho nitro benzene ring substituents is 1. The molecule has 1 aromatic heterocycles. The Labute approximate surface area is 152 Å². The number of carboxylic acids is 1. The van der Waals surface area contributed by atoms with Crippen LogP contribution in [0.4, 0.5) is 5.69 Å². The summed E-state index contributed by atoms with van der Waals surface area (Å²) in [6.07, 6.45) is 0.577. The predicted octanol–water partition coefficient (Wildman–Crippen LogP) is 3.07. The molecule has 0 fully saturated rings. The smallest absolute Gasteiger partial charge is 0.323 e. The molecule has 2 N–H and O–H groups in total. The zero-order chi connectivity index (χ0) is 18.7. The van der Waals surface area contributed by atoms with E-state index < -0.39 is 10.9 Å². The number of carboxylic acid groups (broad SMARTS) is 1. The third kappa shape index (κ3) is 3.77. The lowest BCUT2D eigenvalue weighted by atomic mass is 10.1. The average molecular weight is 373 g/mol. The highest BCUT2D eigenvalue weighted by molar-refractivity contribution is 7.99. The standard InChI is InChI=1S/C17H15N3O5S/c21-15-4-2-1-3-11(15)7-8-26-17-18-13-9-12(20(24)25)5-6-14(13)19(17)10-16(22)23/h1-6,9,21H,7-8,10H2,(H,22,23). The summed E-state index contributed by atoms with van der Waals surface area (Å²) in [7, 11) is 0. The van der Waals surface area contributed by atoms with E-state index in [4.69, 9.17) is 5.11 Å². The molecule has 1 heterocycles. The lowest BCUT2D eigenvalue weighted by Crippen LogP contribution is -2.10. The SMILES string of the molecule is O=C(O)Cn1c(SCCc2ccccc2O)nc2cc([N+](=O)[O-])ccc21. The molecular weight excluding hydrogens is 358 g/mol. The molecule has 0 aliphatic rings. The molecule has 9 heteroatoms. The molecule has 0 atom stereocenters. The Morgan fingerprint density at radius 2 is 2.04 bits per heavy atom. The molecule has 0 radical (unpaired) electrons.